The molecule has 1 aromatic heterocycles. The number of hydrogen-bond acceptors (Lipinski definition) is 3. The predicted octanol–water partition coefficient (Wildman–Crippen LogP) is 3.91. The van der Waals surface area contributed by atoms with Gasteiger partial charge in [-0.25, -0.2) is 4.98 Å². The summed E-state index contributed by atoms with van der Waals surface area (Å²) in [5.74, 6) is 1.38. The Morgan fingerprint density at radius 1 is 1.20 bits per heavy atom. The molecule has 0 aliphatic carbocycles. The number of nitrogens with zero attached hydrogens (tertiary/aromatic N) is 1. The Balaban J connectivity index is 2.97. The van der Waals surface area contributed by atoms with Crippen LogP contribution in [0.2, 0.25) is 0 Å². The molecule has 0 fully saturated rings. The summed E-state index contributed by atoms with van der Waals surface area (Å²) < 4.78 is 6.01. The van der Waals surface area contributed by atoms with Crippen molar-refractivity contribution in [3.05, 3.63) is 23.4 Å². The van der Waals surface area contributed by atoms with E-state index in [1.165, 1.54) is 5.56 Å². The van der Waals surface area contributed by atoms with Gasteiger partial charge in [0, 0.05) is 18.0 Å². The number of ether oxygens (including phenoxy) is 1. The van der Waals surface area contributed by atoms with Crippen LogP contribution in [0.1, 0.15) is 59.2 Å². The van der Waals surface area contributed by atoms with E-state index >= 15 is 0 Å². The Labute approximate surface area is 124 Å². The van der Waals surface area contributed by atoms with Crippen molar-refractivity contribution >= 4 is 0 Å². The maximum Gasteiger partial charge on any atom is 0.214 e. The smallest absolute Gasteiger partial charge is 0.214 e. The van der Waals surface area contributed by atoms with Gasteiger partial charge in [-0.15, -0.1) is 0 Å². The minimum atomic E-state index is 0.0309. The molecule has 1 atom stereocenters. The fraction of sp³-hybridized carbons (Fsp3) is 0.706. The molecule has 114 valence electrons. The van der Waals surface area contributed by atoms with Crippen molar-refractivity contribution in [3.63, 3.8) is 0 Å². The zero-order valence-corrected chi connectivity index (χ0v) is 14.1. The highest BCUT2D eigenvalue weighted by Crippen LogP contribution is 2.25. The second-order valence-electron chi connectivity index (χ2n) is 7.04. The van der Waals surface area contributed by atoms with E-state index in [0.717, 1.165) is 24.5 Å². The summed E-state index contributed by atoms with van der Waals surface area (Å²) in [6, 6.07) is 4.21. The highest BCUT2D eigenvalue weighted by atomic mass is 16.5. The molecule has 1 heterocycles. The number of pyridine rings is 1. The van der Waals surface area contributed by atoms with Gasteiger partial charge < -0.3 is 10.1 Å². The molecular weight excluding hydrogens is 248 g/mol. The monoisotopic (exact) mass is 278 g/mol. The second kappa shape index (κ2) is 7.07. The molecule has 0 aromatic carbocycles. The van der Waals surface area contributed by atoms with E-state index in [2.05, 4.69) is 57.9 Å². The van der Waals surface area contributed by atoms with Gasteiger partial charge >= 0.3 is 0 Å². The zero-order chi connectivity index (χ0) is 15.3. The first-order valence-electron chi connectivity index (χ1n) is 7.55. The van der Waals surface area contributed by atoms with Crippen molar-refractivity contribution in [2.75, 3.05) is 7.05 Å². The zero-order valence-electron chi connectivity index (χ0n) is 14.1. The van der Waals surface area contributed by atoms with Crippen LogP contribution in [0.15, 0.2) is 12.1 Å². The standard InChI is InChI=1S/C17H30N2O/c1-12(2)8-13(3)20-16-10-14(11-18-7)9-15(19-16)17(4,5)6/h9-10,12-13,18H,8,11H2,1-7H3. The second-order valence-corrected chi connectivity index (χ2v) is 7.04. The van der Waals surface area contributed by atoms with E-state index in [1.807, 2.05) is 13.1 Å². The topological polar surface area (TPSA) is 34.1 Å². The Bertz CT molecular complexity index is 421. The molecule has 0 saturated heterocycles. The SMILES string of the molecule is CNCc1cc(OC(C)CC(C)C)nc(C(C)(C)C)c1. The molecule has 1 unspecified atom stereocenters. The molecule has 0 aliphatic rings. The average molecular weight is 278 g/mol. The molecule has 1 N–H and O–H groups in total. The summed E-state index contributed by atoms with van der Waals surface area (Å²) in [5, 5.41) is 3.19. The third-order valence-electron chi connectivity index (χ3n) is 3.14. The van der Waals surface area contributed by atoms with Crippen LogP contribution >= 0.6 is 0 Å². The molecule has 1 aromatic rings. The molecular formula is C17H30N2O. The minimum absolute atomic E-state index is 0.0309. The molecule has 3 nitrogen and oxygen atoms in total. The maximum atomic E-state index is 6.01. The van der Waals surface area contributed by atoms with Crippen LogP contribution in [0.5, 0.6) is 5.88 Å². The Morgan fingerprint density at radius 3 is 2.35 bits per heavy atom. The first-order chi connectivity index (χ1) is 9.22. The van der Waals surface area contributed by atoms with Crippen molar-refractivity contribution in [3.8, 4) is 5.88 Å². The van der Waals surface area contributed by atoms with Gasteiger partial charge in [-0.1, -0.05) is 34.6 Å². The molecule has 0 saturated carbocycles. The number of hydrogen-bond donors (Lipinski definition) is 1. The maximum absolute atomic E-state index is 6.01. The van der Waals surface area contributed by atoms with E-state index in [-0.39, 0.29) is 11.5 Å². The van der Waals surface area contributed by atoms with Crippen molar-refractivity contribution in [1.82, 2.24) is 10.3 Å². The van der Waals surface area contributed by atoms with Crippen LogP contribution in [-0.4, -0.2) is 18.1 Å². The molecule has 0 spiro atoms. The third-order valence-corrected chi connectivity index (χ3v) is 3.14. The molecule has 20 heavy (non-hydrogen) atoms. The summed E-state index contributed by atoms with van der Waals surface area (Å²) in [5.41, 5.74) is 2.33. The van der Waals surface area contributed by atoms with Crippen LogP contribution in [0.25, 0.3) is 0 Å². The fourth-order valence-corrected chi connectivity index (χ4v) is 2.23. The molecule has 0 amide bonds. The van der Waals surface area contributed by atoms with Crippen LogP contribution in [0.4, 0.5) is 0 Å². The van der Waals surface area contributed by atoms with Crippen molar-refractivity contribution in [1.29, 1.82) is 0 Å². The summed E-state index contributed by atoms with van der Waals surface area (Å²) in [7, 11) is 1.96. The predicted molar refractivity (Wildman–Crippen MR) is 85.2 cm³/mol. The lowest BCUT2D eigenvalue weighted by Crippen LogP contribution is -2.19. The normalized spacial score (nSPS) is 13.6. The molecule has 0 bridgehead atoms. The van der Waals surface area contributed by atoms with Crippen LogP contribution in [0, 0.1) is 5.92 Å². The fourth-order valence-electron chi connectivity index (χ4n) is 2.23. The van der Waals surface area contributed by atoms with Gasteiger partial charge in [0.2, 0.25) is 5.88 Å². The highest BCUT2D eigenvalue weighted by molar-refractivity contribution is 5.28. The van der Waals surface area contributed by atoms with Gasteiger partial charge in [0.1, 0.15) is 0 Å². The first kappa shape index (κ1) is 17.0. The van der Waals surface area contributed by atoms with Crippen LogP contribution < -0.4 is 10.1 Å². The Kier molecular flexibility index (Phi) is 6.00. The van der Waals surface area contributed by atoms with E-state index in [4.69, 9.17) is 4.74 Å². The van der Waals surface area contributed by atoms with E-state index in [0.29, 0.717) is 5.92 Å². The van der Waals surface area contributed by atoms with Gasteiger partial charge in [0.25, 0.3) is 0 Å². The van der Waals surface area contributed by atoms with E-state index in [1.54, 1.807) is 0 Å². The molecule has 0 radical (unpaired) electrons. The average Bonchev–Trinajstić information content (AvgIpc) is 2.26. The quantitative estimate of drug-likeness (QED) is 0.856. The molecule has 0 aliphatic heterocycles. The summed E-state index contributed by atoms with van der Waals surface area (Å²) in [6.07, 6.45) is 1.24. The Hall–Kier alpha value is -1.09. The summed E-state index contributed by atoms with van der Waals surface area (Å²) in [6.45, 7) is 13.9. The largest absolute Gasteiger partial charge is 0.475 e. The summed E-state index contributed by atoms with van der Waals surface area (Å²) in [4.78, 5) is 4.68. The first-order valence-corrected chi connectivity index (χ1v) is 7.55. The lowest BCUT2D eigenvalue weighted by molar-refractivity contribution is 0.184. The Morgan fingerprint density at radius 2 is 1.85 bits per heavy atom. The van der Waals surface area contributed by atoms with Gasteiger partial charge in [-0.05, 0) is 37.9 Å². The third kappa shape index (κ3) is 5.49. The van der Waals surface area contributed by atoms with E-state index < -0.39 is 0 Å². The minimum Gasteiger partial charge on any atom is -0.475 e. The van der Waals surface area contributed by atoms with E-state index in [9.17, 15) is 0 Å². The van der Waals surface area contributed by atoms with Gasteiger partial charge in [0.15, 0.2) is 0 Å². The molecule has 1 rings (SSSR count). The van der Waals surface area contributed by atoms with Gasteiger partial charge in [-0.3, -0.25) is 0 Å². The lowest BCUT2D eigenvalue weighted by Gasteiger charge is -2.22. The van der Waals surface area contributed by atoms with Crippen LogP contribution in [0.3, 0.4) is 0 Å². The highest BCUT2D eigenvalue weighted by Gasteiger charge is 2.18. The summed E-state index contributed by atoms with van der Waals surface area (Å²) >= 11 is 0. The van der Waals surface area contributed by atoms with Crippen molar-refractivity contribution in [2.24, 2.45) is 5.92 Å². The van der Waals surface area contributed by atoms with Crippen molar-refractivity contribution < 1.29 is 4.74 Å². The van der Waals surface area contributed by atoms with Gasteiger partial charge in [-0.2, -0.15) is 0 Å². The molecule has 3 heteroatoms. The lowest BCUT2D eigenvalue weighted by atomic mass is 9.91. The number of aromatic nitrogens is 1. The van der Waals surface area contributed by atoms with Crippen molar-refractivity contribution in [2.45, 2.75) is 66.0 Å². The number of rotatable bonds is 6. The number of nitrogens with one attached hydrogen (secondary N) is 1. The van der Waals surface area contributed by atoms with Crippen LogP contribution in [-0.2, 0) is 12.0 Å². The van der Waals surface area contributed by atoms with Gasteiger partial charge in [0.05, 0.1) is 11.8 Å².